The maximum atomic E-state index is 12.5. The third-order valence-corrected chi connectivity index (χ3v) is 3.81. The van der Waals surface area contributed by atoms with Gasteiger partial charge in [0.1, 0.15) is 0 Å². The summed E-state index contributed by atoms with van der Waals surface area (Å²) in [5.41, 5.74) is 9.12. The maximum absolute atomic E-state index is 12.5. The Kier molecular flexibility index (Phi) is 5.72. The lowest BCUT2D eigenvalue weighted by Gasteiger charge is -2.22. The molecule has 0 aliphatic heterocycles. The van der Waals surface area contributed by atoms with E-state index in [2.05, 4.69) is 0 Å². The largest absolute Gasteiger partial charge is 0.671 e. The molecule has 1 unspecified atom stereocenters. The van der Waals surface area contributed by atoms with Crippen LogP contribution in [0.15, 0.2) is 42.5 Å². The molecular weight excluding hydrogens is 319 g/mol. The van der Waals surface area contributed by atoms with Gasteiger partial charge >= 0.3 is 6.18 Å². The summed E-state index contributed by atoms with van der Waals surface area (Å²) < 4.78 is 48.0. The van der Waals surface area contributed by atoms with E-state index >= 15 is 0 Å². The van der Waals surface area contributed by atoms with E-state index in [0.717, 1.165) is 23.3 Å². The average Bonchev–Trinajstić information content (AvgIpc) is 2.58. The number of rotatable bonds is 6. The van der Waals surface area contributed by atoms with Crippen molar-refractivity contribution in [1.82, 2.24) is 0 Å². The first-order valence-electron chi connectivity index (χ1n) is 7.44. The van der Waals surface area contributed by atoms with Gasteiger partial charge in [-0.2, -0.15) is 13.2 Å². The van der Waals surface area contributed by atoms with E-state index in [1.165, 1.54) is 19.2 Å². The Morgan fingerprint density at radius 3 is 2.12 bits per heavy atom. The SMILES string of the molecule is COc1ccc(C([NH-])CCc2ccc(C(F)(F)F)cc2)cc1OC. The lowest BCUT2D eigenvalue weighted by atomic mass is 9.99. The first-order valence-corrected chi connectivity index (χ1v) is 7.44. The highest BCUT2D eigenvalue weighted by atomic mass is 19.4. The van der Waals surface area contributed by atoms with Crippen molar-refractivity contribution in [1.29, 1.82) is 0 Å². The number of ether oxygens (including phenoxy) is 2. The Labute approximate surface area is 139 Å². The molecule has 1 atom stereocenters. The number of aryl methyl sites for hydroxylation is 1. The summed E-state index contributed by atoms with van der Waals surface area (Å²) in [5.74, 6) is 1.15. The highest BCUT2D eigenvalue weighted by Gasteiger charge is 2.29. The van der Waals surface area contributed by atoms with Crippen LogP contribution in [0.4, 0.5) is 13.2 Å². The van der Waals surface area contributed by atoms with Crippen molar-refractivity contribution in [2.24, 2.45) is 0 Å². The average molecular weight is 338 g/mol. The molecule has 24 heavy (non-hydrogen) atoms. The molecule has 0 saturated heterocycles. The molecule has 2 rings (SSSR count). The van der Waals surface area contributed by atoms with E-state index in [1.54, 1.807) is 25.3 Å². The zero-order valence-corrected chi connectivity index (χ0v) is 13.5. The minimum absolute atomic E-state index is 0.493. The number of nitrogens with one attached hydrogen (secondary N) is 1. The Hall–Kier alpha value is -2.21. The van der Waals surface area contributed by atoms with Crippen LogP contribution >= 0.6 is 0 Å². The molecule has 0 aliphatic rings. The monoisotopic (exact) mass is 338 g/mol. The topological polar surface area (TPSA) is 42.3 Å². The van der Waals surface area contributed by atoms with Gasteiger partial charge in [-0.3, -0.25) is 0 Å². The molecule has 1 N–H and O–H groups in total. The molecule has 0 spiro atoms. The van der Waals surface area contributed by atoms with Gasteiger partial charge in [0.25, 0.3) is 0 Å². The quantitative estimate of drug-likeness (QED) is 0.703. The van der Waals surface area contributed by atoms with E-state index in [9.17, 15) is 13.2 Å². The summed E-state index contributed by atoms with van der Waals surface area (Å²) in [6, 6.07) is 9.87. The summed E-state index contributed by atoms with van der Waals surface area (Å²) in [6.45, 7) is 0. The summed E-state index contributed by atoms with van der Waals surface area (Å²) in [4.78, 5) is 0. The van der Waals surface area contributed by atoms with E-state index in [1.807, 2.05) is 0 Å². The highest BCUT2D eigenvalue weighted by Crippen LogP contribution is 2.33. The normalized spacial score (nSPS) is 12.8. The zero-order valence-electron chi connectivity index (χ0n) is 13.5. The van der Waals surface area contributed by atoms with Gasteiger partial charge in [-0.1, -0.05) is 30.2 Å². The molecule has 0 radical (unpaired) electrons. The predicted octanol–water partition coefficient (Wildman–Crippen LogP) is 5.45. The van der Waals surface area contributed by atoms with Crippen molar-refractivity contribution >= 4 is 0 Å². The van der Waals surface area contributed by atoms with Crippen LogP contribution in [0.3, 0.4) is 0 Å². The van der Waals surface area contributed by atoms with Gasteiger partial charge in [0.15, 0.2) is 11.5 Å². The lowest BCUT2D eigenvalue weighted by Crippen LogP contribution is -2.04. The summed E-state index contributed by atoms with van der Waals surface area (Å²) in [5, 5.41) is 0. The minimum atomic E-state index is -4.32. The fourth-order valence-electron chi connectivity index (χ4n) is 2.41. The number of alkyl halides is 3. The number of halogens is 3. The second kappa shape index (κ2) is 7.57. The van der Waals surface area contributed by atoms with Crippen molar-refractivity contribution in [3.8, 4) is 11.5 Å². The van der Waals surface area contributed by atoms with Crippen molar-refractivity contribution in [2.75, 3.05) is 14.2 Å². The lowest BCUT2D eigenvalue weighted by molar-refractivity contribution is -0.137. The standard InChI is InChI=1S/C18H19F3NO2/c1-23-16-10-6-13(11-17(16)24-2)15(22)9-5-12-3-7-14(8-4-12)18(19,20)21/h3-4,6-8,10-11,15,22H,5,9H2,1-2H3/q-1. The van der Waals surface area contributed by atoms with Crippen molar-refractivity contribution in [2.45, 2.75) is 25.1 Å². The molecule has 6 heteroatoms. The first kappa shape index (κ1) is 18.1. The van der Waals surface area contributed by atoms with Gasteiger partial charge < -0.3 is 15.2 Å². The van der Waals surface area contributed by atoms with Crippen LogP contribution in [0.5, 0.6) is 11.5 Å². The fourth-order valence-corrected chi connectivity index (χ4v) is 2.41. The first-order chi connectivity index (χ1) is 11.3. The molecule has 0 saturated carbocycles. The van der Waals surface area contributed by atoms with E-state index in [4.69, 9.17) is 15.2 Å². The van der Waals surface area contributed by atoms with Gasteiger partial charge in [-0.15, -0.1) is 6.04 Å². The Morgan fingerprint density at radius 1 is 0.958 bits per heavy atom. The summed E-state index contributed by atoms with van der Waals surface area (Å²) >= 11 is 0. The van der Waals surface area contributed by atoms with Crippen molar-refractivity contribution in [3.05, 3.63) is 64.9 Å². The Bertz CT molecular complexity index is 669. The minimum Gasteiger partial charge on any atom is -0.671 e. The van der Waals surface area contributed by atoms with Crippen LogP contribution in [0.1, 0.15) is 29.2 Å². The predicted molar refractivity (Wildman–Crippen MR) is 86.4 cm³/mol. The number of methoxy groups -OCH3 is 2. The number of hydrogen-bond acceptors (Lipinski definition) is 2. The van der Waals surface area contributed by atoms with Crippen molar-refractivity contribution in [3.63, 3.8) is 0 Å². The van der Waals surface area contributed by atoms with Gasteiger partial charge in [0.05, 0.1) is 19.8 Å². The molecule has 0 aromatic heterocycles. The number of hydrogen-bond donors (Lipinski definition) is 0. The molecule has 0 heterocycles. The molecular formula is C18H19F3NO2-. The van der Waals surface area contributed by atoms with Crippen LogP contribution in [0, 0.1) is 0 Å². The zero-order chi connectivity index (χ0) is 17.7. The molecule has 130 valence electrons. The van der Waals surface area contributed by atoms with Crippen LogP contribution in [0.2, 0.25) is 0 Å². The molecule has 0 fully saturated rings. The fraction of sp³-hybridized carbons (Fsp3) is 0.333. The van der Waals surface area contributed by atoms with E-state index in [0.29, 0.717) is 24.3 Å². The second-order valence-electron chi connectivity index (χ2n) is 5.40. The highest BCUT2D eigenvalue weighted by molar-refractivity contribution is 5.44. The third kappa shape index (κ3) is 4.41. The van der Waals surface area contributed by atoms with Gasteiger partial charge in [0.2, 0.25) is 0 Å². The number of benzene rings is 2. The third-order valence-electron chi connectivity index (χ3n) is 3.81. The Morgan fingerprint density at radius 2 is 1.58 bits per heavy atom. The van der Waals surface area contributed by atoms with Crippen molar-refractivity contribution < 1.29 is 22.6 Å². The molecule has 3 nitrogen and oxygen atoms in total. The van der Waals surface area contributed by atoms with Gasteiger partial charge in [-0.05, 0) is 36.2 Å². The molecule has 2 aromatic rings. The Balaban J connectivity index is 2.01. The van der Waals surface area contributed by atoms with E-state index in [-0.39, 0.29) is 0 Å². The van der Waals surface area contributed by atoms with Crippen LogP contribution in [-0.4, -0.2) is 14.2 Å². The second-order valence-corrected chi connectivity index (χ2v) is 5.40. The maximum Gasteiger partial charge on any atom is 0.416 e. The summed E-state index contributed by atoms with van der Waals surface area (Å²) in [6.07, 6.45) is -3.29. The van der Waals surface area contributed by atoms with Crippen LogP contribution < -0.4 is 9.47 Å². The van der Waals surface area contributed by atoms with Crippen LogP contribution in [-0.2, 0) is 12.6 Å². The smallest absolute Gasteiger partial charge is 0.416 e. The van der Waals surface area contributed by atoms with Gasteiger partial charge in [0, 0.05) is 0 Å². The van der Waals surface area contributed by atoms with E-state index < -0.39 is 17.8 Å². The van der Waals surface area contributed by atoms with Crippen LogP contribution in [0.25, 0.3) is 5.73 Å². The molecule has 2 aromatic carbocycles. The molecule has 0 bridgehead atoms. The summed E-state index contributed by atoms with van der Waals surface area (Å²) in [7, 11) is 3.07. The molecule has 0 amide bonds. The molecule has 0 aliphatic carbocycles. The van der Waals surface area contributed by atoms with Gasteiger partial charge in [-0.25, -0.2) is 0 Å².